The van der Waals surface area contributed by atoms with Crippen LogP contribution in [-0.2, 0) is 5.41 Å². The predicted octanol–water partition coefficient (Wildman–Crippen LogP) is 4.65. The molecule has 4 aromatic rings. The fraction of sp³-hybridized carbons (Fsp3) is 0.346. The van der Waals surface area contributed by atoms with E-state index in [1.165, 1.54) is 18.2 Å². The van der Waals surface area contributed by atoms with Crippen molar-refractivity contribution < 1.29 is 13.9 Å². The highest BCUT2D eigenvalue weighted by molar-refractivity contribution is 5.64. The van der Waals surface area contributed by atoms with Gasteiger partial charge in [0.05, 0.1) is 39.9 Å². The number of benzene rings is 1. The zero-order valence-electron chi connectivity index (χ0n) is 19.6. The summed E-state index contributed by atoms with van der Waals surface area (Å²) in [5.74, 6) is -0.777. The van der Waals surface area contributed by atoms with Crippen LogP contribution in [0.25, 0.3) is 17.2 Å². The van der Waals surface area contributed by atoms with Crippen LogP contribution >= 0.6 is 0 Å². The van der Waals surface area contributed by atoms with E-state index in [0.717, 1.165) is 29.8 Å². The van der Waals surface area contributed by atoms with Gasteiger partial charge >= 0.3 is 0 Å². The van der Waals surface area contributed by atoms with Crippen molar-refractivity contribution in [1.29, 1.82) is 0 Å². The molecule has 2 aliphatic rings. The third kappa shape index (κ3) is 2.94. The largest absolute Gasteiger partial charge is 0.387 e. The summed E-state index contributed by atoms with van der Waals surface area (Å²) in [6.07, 6.45) is 4.46. The molecular formula is C26H24F2N6O. The first-order valence-electron chi connectivity index (χ1n) is 11.6. The predicted molar refractivity (Wildman–Crippen MR) is 124 cm³/mol. The van der Waals surface area contributed by atoms with Crippen LogP contribution in [0.3, 0.4) is 0 Å². The molecule has 6 rings (SSSR count). The summed E-state index contributed by atoms with van der Waals surface area (Å²) in [4.78, 5) is 9.29. The standard InChI is InChI=1S/C26H24F2N6O/c1-14(35)19-9-12-34(33-19)24-29-11-8-21(30-24)26-10-7-16(25(26,2)3)15-13-20(31-32-23(15)26)22-17(27)5-4-6-18(22)28/h4-6,8-9,11-14,16,35H,7,10H2,1-3H3/t14-,16-,26-/m0/s1. The van der Waals surface area contributed by atoms with Crippen molar-refractivity contribution in [3.8, 4) is 17.2 Å². The van der Waals surface area contributed by atoms with Gasteiger partial charge in [0.2, 0.25) is 0 Å². The number of nitrogens with zero attached hydrogens (tertiary/aromatic N) is 6. The van der Waals surface area contributed by atoms with Gasteiger partial charge in [0.1, 0.15) is 11.6 Å². The van der Waals surface area contributed by atoms with Crippen molar-refractivity contribution in [1.82, 2.24) is 29.9 Å². The zero-order valence-corrected chi connectivity index (χ0v) is 19.6. The van der Waals surface area contributed by atoms with Crippen molar-refractivity contribution in [2.45, 2.75) is 51.0 Å². The van der Waals surface area contributed by atoms with E-state index in [1.54, 1.807) is 36.1 Å². The fourth-order valence-electron chi connectivity index (χ4n) is 6.13. The molecule has 1 fully saturated rings. The molecule has 3 atom stereocenters. The first kappa shape index (κ1) is 21.9. The molecule has 0 radical (unpaired) electrons. The van der Waals surface area contributed by atoms with Crippen molar-refractivity contribution in [3.63, 3.8) is 0 Å². The molecule has 9 heteroatoms. The molecule has 178 valence electrons. The van der Waals surface area contributed by atoms with E-state index in [2.05, 4.69) is 34.1 Å². The Hall–Kier alpha value is -3.59. The average Bonchev–Trinajstić information content (AvgIpc) is 3.48. The Morgan fingerprint density at radius 2 is 1.89 bits per heavy atom. The van der Waals surface area contributed by atoms with Crippen LogP contribution in [0.2, 0.25) is 0 Å². The lowest BCUT2D eigenvalue weighted by Crippen LogP contribution is -2.38. The highest BCUT2D eigenvalue weighted by Crippen LogP contribution is 2.69. The second-order valence-corrected chi connectivity index (χ2v) is 9.95. The second-order valence-electron chi connectivity index (χ2n) is 9.95. The number of halogens is 2. The monoisotopic (exact) mass is 474 g/mol. The highest BCUT2D eigenvalue weighted by atomic mass is 19.1. The quantitative estimate of drug-likeness (QED) is 0.463. The molecule has 0 saturated heterocycles. The number of hydrogen-bond donors (Lipinski definition) is 1. The first-order valence-corrected chi connectivity index (χ1v) is 11.6. The summed E-state index contributed by atoms with van der Waals surface area (Å²) in [7, 11) is 0. The van der Waals surface area contributed by atoms with Crippen LogP contribution in [-0.4, -0.2) is 35.1 Å². The van der Waals surface area contributed by atoms with Crippen LogP contribution in [0, 0.1) is 17.0 Å². The van der Waals surface area contributed by atoms with E-state index in [9.17, 15) is 13.9 Å². The summed E-state index contributed by atoms with van der Waals surface area (Å²) in [6, 6.07) is 9.21. The molecule has 2 aliphatic carbocycles. The number of fused-ring (bicyclic) bond motifs is 5. The maximum absolute atomic E-state index is 14.5. The molecule has 0 unspecified atom stereocenters. The molecule has 1 saturated carbocycles. The summed E-state index contributed by atoms with van der Waals surface area (Å²) < 4.78 is 30.5. The summed E-state index contributed by atoms with van der Waals surface area (Å²) in [5, 5.41) is 23.1. The number of rotatable bonds is 4. The van der Waals surface area contributed by atoms with Gasteiger partial charge in [-0.15, -0.1) is 5.10 Å². The number of aliphatic hydroxyl groups excluding tert-OH is 1. The summed E-state index contributed by atoms with van der Waals surface area (Å²) in [6.45, 7) is 6.04. The topological polar surface area (TPSA) is 89.6 Å². The lowest BCUT2D eigenvalue weighted by atomic mass is 9.66. The second kappa shape index (κ2) is 7.45. The van der Waals surface area contributed by atoms with E-state index < -0.39 is 23.2 Å². The van der Waals surface area contributed by atoms with Crippen molar-refractivity contribution >= 4 is 0 Å². The van der Waals surface area contributed by atoms with Crippen molar-refractivity contribution in [2.75, 3.05) is 0 Å². The van der Waals surface area contributed by atoms with Gasteiger partial charge in [0.15, 0.2) is 0 Å². The van der Waals surface area contributed by atoms with Crippen LogP contribution in [0.5, 0.6) is 0 Å². The van der Waals surface area contributed by atoms with E-state index in [1.807, 2.05) is 6.07 Å². The average molecular weight is 475 g/mol. The fourth-order valence-corrected chi connectivity index (χ4v) is 6.13. The van der Waals surface area contributed by atoms with Crippen LogP contribution < -0.4 is 0 Å². The molecule has 0 amide bonds. The Bertz CT molecular complexity index is 1450. The minimum Gasteiger partial charge on any atom is -0.387 e. The van der Waals surface area contributed by atoms with Gasteiger partial charge in [-0.25, -0.2) is 23.4 Å². The Labute approximate surface area is 200 Å². The first-order chi connectivity index (χ1) is 16.7. The molecule has 2 bridgehead atoms. The SMILES string of the molecule is C[C@H](O)c1ccn(-c2nccc([C@@]34CC[C@@H](c5cc(-c6c(F)cccc6F)nnc53)C4(C)C)n2)n1. The van der Waals surface area contributed by atoms with Gasteiger partial charge < -0.3 is 5.11 Å². The lowest BCUT2D eigenvalue weighted by molar-refractivity contribution is 0.193. The summed E-state index contributed by atoms with van der Waals surface area (Å²) >= 11 is 0. The molecule has 1 N–H and O–H groups in total. The minimum absolute atomic E-state index is 0.145. The van der Waals surface area contributed by atoms with E-state index in [-0.39, 0.29) is 22.6 Å². The molecular weight excluding hydrogens is 450 g/mol. The third-order valence-electron chi connectivity index (χ3n) is 7.92. The van der Waals surface area contributed by atoms with Gasteiger partial charge in [0.25, 0.3) is 5.95 Å². The summed E-state index contributed by atoms with van der Waals surface area (Å²) in [5.41, 5.74) is 2.36. The number of aliphatic hydroxyl groups is 1. The molecule has 7 nitrogen and oxygen atoms in total. The molecule has 1 aromatic carbocycles. The molecule has 3 aromatic heterocycles. The van der Waals surface area contributed by atoms with Gasteiger partial charge in [-0.3, -0.25) is 0 Å². The van der Waals surface area contributed by atoms with Gasteiger partial charge in [0, 0.05) is 12.4 Å². The molecule has 0 aliphatic heterocycles. The smallest absolute Gasteiger partial charge is 0.250 e. The van der Waals surface area contributed by atoms with E-state index >= 15 is 0 Å². The van der Waals surface area contributed by atoms with Gasteiger partial charge in [-0.1, -0.05) is 19.9 Å². The normalized spacial score (nSPS) is 22.9. The van der Waals surface area contributed by atoms with E-state index in [4.69, 9.17) is 4.98 Å². The minimum atomic E-state index is -0.696. The zero-order chi connectivity index (χ0) is 24.5. The van der Waals surface area contributed by atoms with Crippen LogP contribution in [0.1, 0.15) is 68.3 Å². The molecule has 3 heterocycles. The van der Waals surface area contributed by atoms with Crippen molar-refractivity contribution in [2.24, 2.45) is 5.41 Å². The third-order valence-corrected chi connectivity index (χ3v) is 7.92. The Kier molecular flexibility index (Phi) is 4.67. The van der Waals surface area contributed by atoms with Crippen molar-refractivity contribution in [3.05, 3.63) is 83.1 Å². The highest BCUT2D eigenvalue weighted by Gasteiger charge is 2.65. The Balaban J connectivity index is 1.49. The maximum atomic E-state index is 14.5. The van der Waals surface area contributed by atoms with Gasteiger partial charge in [-0.2, -0.15) is 10.2 Å². The van der Waals surface area contributed by atoms with Gasteiger partial charge in [-0.05, 0) is 67.0 Å². The van der Waals surface area contributed by atoms with Crippen LogP contribution in [0.15, 0.2) is 48.8 Å². The Morgan fingerprint density at radius 1 is 1.11 bits per heavy atom. The van der Waals surface area contributed by atoms with E-state index in [0.29, 0.717) is 11.6 Å². The lowest BCUT2D eigenvalue weighted by Gasteiger charge is -2.37. The molecule has 0 spiro atoms. The maximum Gasteiger partial charge on any atom is 0.250 e. The number of hydrogen-bond acceptors (Lipinski definition) is 6. The van der Waals surface area contributed by atoms with Crippen LogP contribution in [0.4, 0.5) is 8.78 Å². The molecule has 35 heavy (non-hydrogen) atoms. The Morgan fingerprint density at radius 3 is 2.60 bits per heavy atom. The number of aromatic nitrogens is 6.